The number of phenolic OH excluding ortho intramolecular Hbond substituents is 1. The van der Waals surface area contributed by atoms with Gasteiger partial charge in [0.05, 0.1) is 0 Å². The Morgan fingerprint density at radius 1 is 1.12 bits per heavy atom. The predicted molar refractivity (Wildman–Crippen MR) is 104 cm³/mol. The number of phenols is 1. The molecule has 128 valence electrons. The fraction of sp³-hybridized carbons (Fsp3) is 0.400. The molecule has 2 aromatic rings. The highest BCUT2D eigenvalue weighted by Gasteiger charge is 2.36. The van der Waals surface area contributed by atoms with Gasteiger partial charge in [0.2, 0.25) is 0 Å². The van der Waals surface area contributed by atoms with Crippen molar-refractivity contribution in [2.45, 2.75) is 31.6 Å². The van der Waals surface area contributed by atoms with Gasteiger partial charge < -0.3 is 10.0 Å². The van der Waals surface area contributed by atoms with E-state index >= 15 is 0 Å². The molecule has 2 nitrogen and oxygen atoms in total. The monoisotopic (exact) mass is 407 g/mol. The first-order valence-electron chi connectivity index (χ1n) is 8.55. The third kappa shape index (κ3) is 3.79. The molecule has 1 saturated heterocycles. The maximum atomic E-state index is 10.4. The second-order valence-electron chi connectivity index (χ2n) is 6.55. The van der Waals surface area contributed by atoms with Crippen molar-refractivity contribution in [3.63, 3.8) is 0 Å². The molecule has 1 aliphatic rings. The van der Waals surface area contributed by atoms with E-state index in [0.29, 0.717) is 16.7 Å². The van der Waals surface area contributed by atoms with E-state index < -0.39 is 0 Å². The number of likely N-dealkylation sites (tertiary alicyclic amines) is 1. The number of aromatic hydroxyl groups is 1. The Bertz CT molecular complexity index is 706. The number of hydrogen-bond acceptors (Lipinski definition) is 2. The molecule has 0 saturated carbocycles. The van der Waals surface area contributed by atoms with Crippen molar-refractivity contribution in [3.05, 3.63) is 63.1 Å². The van der Waals surface area contributed by atoms with Gasteiger partial charge in [0.25, 0.3) is 0 Å². The molecular weight excluding hydrogens is 386 g/mol. The summed E-state index contributed by atoms with van der Waals surface area (Å²) < 4.78 is 1.14. The first kappa shape index (κ1) is 17.8. The van der Waals surface area contributed by atoms with Crippen molar-refractivity contribution in [2.24, 2.45) is 0 Å². The average Bonchev–Trinajstić information content (AvgIpc) is 2.99. The number of nitrogens with zero attached hydrogens (tertiary/aromatic N) is 1. The van der Waals surface area contributed by atoms with Crippen LogP contribution in [-0.2, 0) is 0 Å². The molecule has 3 rings (SSSR count). The fourth-order valence-corrected chi connectivity index (χ4v) is 4.44. The third-order valence-electron chi connectivity index (χ3n) is 4.92. The zero-order valence-electron chi connectivity index (χ0n) is 13.9. The van der Waals surface area contributed by atoms with Gasteiger partial charge in [-0.05, 0) is 42.8 Å². The lowest BCUT2D eigenvalue weighted by molar-refractivity contribution is 0.324. The molecule has 1 N–H and O–H groups in total. The fourth-order valence-electron chi connectivity index (χ4n) is 3.68. The van der Waals surface area contributed by atoms with Gasteiger partial charge in [-0.3, -0.25) is 0 Å². The Balaban J connectivity index is 1.96. The molecule has 0 aromatic heterocycles. The molecule has 0 aliphatic carbocycles. The second-order valence-corrected chi connectivity index (χ2v) is 7.84. The summed E-state index contributed by atoms with van der Waals surface area (Å²) in [5, 5.41) is 11.1. The number of rotatable bonds is 5. The van der Waals surface area contributed by atoms with Crippen LogP contribution in [0.1, 0.15) is 42.7 Å². The highest BCUT2D eigenvalue weighted by Crippen LogP contribution is 2.45. The molecule has 2 aromatic carbocycles. The van der Waals surface area contributed by atoms with E-state index in [1.165, 1.54) is 18.4 Å². The zero-order chi connectivity index (χ0) is 17.1. The summed E-state index contributed by atoms with van der Waals surface area (Å²) in [4.78, 5) is 2.51. The minimum absolute atomic E-state index is 0.249. The first-order valence-corrected chi connectivity index (χ1v) is 9.72. The lowest BCUT2D eigenvalue weighted by Crippen LogP contribution is -2.21. The summed E-state index contributed by atoms with van der Waals surface area (Å²) in [6, 6.07) is 13.8. The number of halogens is 2. The Morgan fingerprint density at radius 3 is 2.54 bits per heavy atom. The third-order valence-corrected chi connectivity index (χ3v) is 5.87. The van der Waals surface area contributed by atoms with Crippen molar-refractivity contribution < 1.29 is 5.11 Å². The normalized spacial score (nSPS) is 21.3. The van der Waals surface area contributed by atoms with Crippen LogP contribution in [0.25, 0.3) is 0 Å². The van der Waals surface area contributed by atoms with Crippen LogP contribution < -0.4 is 0 Å². The van der Waals surface area contributed by atoms with Gasteiger partial charge in [0.1, 0.15) is 5.75 Å². The van der Waals surface area contributed by atoms with Gasteiger partial charge in [-0.25, -0.2) is 0 Å². The predicted octanol–water partition coefficient (Wildman–Crippen LogP) is 5.79. The molecule has 0 amide bonds. The number of benzene rings is 2. The molecule has 0 spiro atoms. The topological polar surface area (TPSA) is 23.5 Å². The molecule has 24 heavy (non-hydrogen) atoms. The maximum Gasteiger partial charge on any atom is 0.119 e. The largest absolute Gasteiger partial charge is 0.508 e. The zero-order valence-corrected chi connectivity index (χ0v) is 16.2. The molecule has 0 unspecified atom stereocenters. The van der Waals surface area contributed by atoms with Crippen molar-refractivity contribution in [3.8, 4) is 5.75 Å². The summed E-state index contributed by atoms with van der Waals surface area (Å²) in [7, 11) is 0. The van der Waals surface area contributed by atoms with Crippen molar-refractivity contribution in [1.82, 2.24) is 4.90 Å². The van der Waals surface area contributed by atoms with Crippen LogP contribution in [0.2, 0.25) is 5.02 Å². The van der Waals surface area contributed by atoms with Gasteiger partial charge in [0, 0.05) is 40.0 Å². The number of hydrogen-bond donors (Lipinski definition) is 1. The maximum absolute atomic E-state index is 10.4. The van der Waals surface area contributed by atoms with Gasteiger partial charge in [0.15, 0.2) is 0 Å². The molecule has 1 heterocycles. The van der Waals surface area contributed by atoms with E-state index in [4.69, 9.17) is 11.6 Å². The molecular formula is C20H23BrClNO. The van der Waals surface area contributed by atoms with E-state index in [0.717, 1.165) is 29.7 Å². The highest BCUT2D eigenvalue weighted by atomic mass is 79.9. The summed E-state index contributed by atoms with van der Waals surface area (Å²) in [5.74, 6) is 0.944. The first-order chi connectivity index (χ1) is 11.6. The molecule has 0 bridgehead atoms. The van der Waals surface area contributed by atoms with Crippen molar-refractivity contribution in [2.75, 3.05) is 19.6 Å². The number of unbranched alkanes of at least 4 members (excludes halogenated alkanes) is 1. The van der Waals surface area contributed by atoms with E-state index in [1.807, 2.05) is 12.1 Å². The van der Waals surface area contributed by atoms with Crippen LogP contribution in [0, 0.1) is 0 Å². The molecule has 4 heteroatoms. The van der Waals surface area contributed by atoms with Crippen LogP contribution >= 0.6 is 27.5 Å². The lowest BCUT2D eigenvalue weighted by atomic mass is 9.84. The molecule has 0 radical (unpaired) electrons. The molecule has 2 atom stereocenters. The van der Waals surface area contributed by atoms with Crippen molar-refractivity contribution in [1.29, 1.82) is 0 Å². The summed E-state index contributed by atoms with van der Waals surface area (Å²) in [5.41, 5.74) is 2.27. The lowest BCUT2D eigenvalue weighted by Gasteiger charge is -2.21. The molecule has 1 aliphatic heterocycles. The van der Waals surface area contributed by atoms with Crippen LogP contribution in [-0.4, -0.2) is 29.6 Å². The van der Waals surface area contributed by atoms with Gasteiger partial charge in [-0.2, -0.15) is 0 Å². The Morgan fingerprint density at radius 2 is 1.83 bits per heavy atom. The van der Waals surface area contributed by atoms with Gasteiger partial charge in [-0.15, -0.1) is 0 Å². The van der Waals surface area contributed by atoms with Gasteiger partial charge in [-0.1, -0.05) is 59.1 Å². The Hall–Kier alpha value is -1.03. The molecule has 1 fully saturated rings. The second kappa shape index (κ2) is 7.90. The Labute approximate surface area is 157 Å². The Kier molecular flexibility index (Phi) is 5.85. The smallest absolute Gasteiger partial charge is 0.119 e. The quantitative estimate of drug-likeness (QED) is 0.676. The standard InChI is InChI=1S/C20H23BrClNO/c1-2-3-10-23-12-17(15-6-4-5-7-19(15)21)18(13-23)16-11-14(22)8-9-20(16)24/h4-9,11,17-18,24H,2-3,10,12-13H2,1H3/t17-,18-/m1/s1. The summed E-state index contributed by atoms with van der Waals surface area (Å²) in [6.07, 6.45) is 2.40. The van der Waals surface area contributed by atoms with Crippen LogP contribution in [0.15, 0.2) is 46.9 Å². The van der Waals surface area contributed by atoms with E-state index in [9.17, 15) is 5.11 Å². The SMILES string of the molecule is CCCCN1C[C@H](c2cc(Cl)ccc2O)[C@@H](c2ccccc2Br)C1. The van der Waals surface area contributed by atoms with Crippen LogP contribution in [0.5, 0.6) is 5.75 Å². The average molecular weight is 409 g/mol. The van der Waals surface area contributed by atoms with E-state index in [1.54, 1.807) is 12.1 Å². The summed E-state index contributed by atoms with van der Waals surface area (Å²) >= 11 is 9.91. The summed E-state index contributed by atoms with van der Waals surface area (Å²) in [6.45, 7) is 5.30. The minimum Gasteiger partial charge on any atom is -0.508 e. The van der Waals surface area contributed by atoms with E-state index in [2.05, 4.69) is 46.0 Å². The van der Waals surface area contributed by atoms with Crippen LogP contribution in [0.3, 0.4) is 0 Å². The van der Waals surface area contributed by atoms with E-state index in [-0.39, 0.29) is 5.92 Å². The van der Waals surface area contributed by atoms with Gasteiger partial charge >= 0.3 is 0 Å². The van der Waals surface area contributed by atoms with Crippen molar-refractivity contribution >= 4 is 27.5 Å². The minimum atomic E-state index is 0.249. The highest BCUT2D eigenvalue weighted by molar-refractivity contribution is 9.10. The van der Waals surface area contributed by atoms with Crippen LogP contribution in [0.4, 0.5) is 0 Å².